The third kappa shape index (κ3) is 4.05. The zero-order chi connectivity index (χ0) is 15.5. The van der Waals surface area contributed by atoms with Gasteiger partial charge in [0.05, 0.1) is 16.2 Å². The highest BCUT2D eigenvalue weighted by Crippen LogP contribution is 2.19. The summed E-state index contributed by atoms with van der Waals surface area (Å²) in [5.74, 6) is -0.666. The second-order valence-electron chi connectivity index (χ2n) is 4.09. The largest absolute Gasteiger partial charge is 0.478 e. The number of aromatic nitrogens is 2. The molecule has 0 saturated carbocycles. The minimum Gasteiger partial charge on any atom is -0.478 e. The van der Waals surface area contributed by atoms with Crippen LogP contribution in [0.1, 0.15) is 16.2 Å². The number of carbonyl (C=O) groups is 1. The second-order valence-corrected chi connectivity index (χ2v) is 7.24. The number of rotatable bonds is 6. The fourth-order valence-electron chi connectivity index (χ4n) is 1.52. The van der Waals surface area contributed by atoms with Gasteiger partial charge in [-0.15, -0.1) is 10.2 Å². The number of benzene rings is 1. The first kappa shape index (κ1) is 15.5. The summed E-state index contributed by atoms with van der Waals surface area (Å²) < 4.78 is 29.4. The van der Waals surface area contributed by atoms with Gasteiger partial charge in [0.15, 0.2) is 9.84 Å². The third-order valence-corrected chi connectivity index (χ3v) is 5.32. The van der Waals surface area contributed by atoms with E-state index in [1.54, 1.807) is 6.92 Å². The molecule has 1 aromatic carbocycles. The summed E-state index contributed by atoms with van der Waals surface area (Å²) in [5, 5.41) is 16.6. The van der Waals surface area contributed by atoms with Crippen LogP contribution in [-0.4, -0.2) is 41.2 Å². The number of sulfone groups is 1. The van der Waals surface area contributed by atoms with Crippen molar-refractivity contribution in [1.29, 1.82) is 0 Å². The summed E-state index contributed by atoms with van der Waals surface area (Å²) in [4.78, 5) is 10.8. The minimum absolute atomic E-state index is 0.00953. The Morgan fingerprint density at radius 2 is 2.14 bits per heavy atom. The topological polar surface area (TPSA) is 110 Å². The number of carboxylic acids is 1. The fraction of sp³-hybridized carbons (Fsp3) is 0.250. The zero-order valence-electron chi connectivity index (χ0n) is 11.0. The molecular weight excluding hydrogens is 316 g/mol. The van der Waals surface area contributed by atoms with E-state index >= 15 is 0 Å². The van der Waals surface area contributed by atoms with Crippen LogP contribution >= 0.6 is 11.8 Å². The van der Waals surface area contributed by atoms with Crippen molar-refractivity contribution in [2.24, 2.45) is 0 Å². The van der Waals surface area contributed by atoms with E-state index in [0.717, 1.165) is 17.8 Å². The normalized spacial score (nSPS) is 11.5. The molecule has 1 heterocycles. The quantitative estimate of drug-likeness (QED) is 0.797. The van der Waals surface area contributed by atoms with E-state index < -0.39 is 15.8 Å². The van der Waals surface area contributed by atoms with Crippen molar-refractivity contribution in [2.75, 3.05) is 11.5 Å². The Hall–Kier alpha value is -1.87. The van der Waals surface area contributed by atoms with Gasteiger partial charge >= 0.3 is 5.97 Å². The minimum atomic E-state index is -3.55. The number of nitrogens with zero attached hydrogens (tertiary/aromatic N) is 2. The summed E-state index contributed by atoms with van der Waals surface area (Å²) in [6.45, 7) is 1.64. The van der Waals surface area contributed by atoms with E-state index in [1.807, 2.05) is 0 Å². The van der Waals surface area contributed by atoms with Crippen LogP contribution in [-0.2, 0) is 9.84 Å². The molecule has 1 aromatic heterocycles. The van der Waals surface area contributed by atoms with Crippen LogP contribution < -0.4 is 0 Å². The van der Waals surface area contributed by atoms with Crippen molar-refractivity contribution in [3.8, 4) is 0 Å². The first-order valence-corrected chi connectivity index (χ1v) is 8.51. The Kier molecular flexibility index (Phi) is 4.63. The van der Waals surface area contributed by atoms with Crippen molar-refractivity contribution >= 4 is 27.6 Å². The second kappa shape index (κ2) is 6.27. The highest BCUT2D eigenvalue weighted by molar-refractivity contribution is 8.00. The molecule has 0 aliphatic heterocycles. The molecule has 0 spiro atoms. The van der Waals surface area contributed by atoms with Gasteiger partial charge in [-0.3, -0.25) is 0 Å². The molecule has 0 saturated heterocycles. The summed E-state index contributed by atoms with van der Waals surface area (Å²) in [7, 11) is -3.55. The number of hydrogen-bond donors (Lipinski definition) is 1. The molecule has 0 atom stereocenters. The Balaban J connectivity index is 2.04. The maximum Gasteiger partial charge on any atom is 0.335 e. The van der Waals surface area contributed by atoms with Crippen LogP contribution in [0.15, 0.2) is 38.8 Å². The van der Waals surface area contributed by atoms with Crippen molar-refractivity contribution in [3.05, 3.63) is 35.7 Å². The van der Waals surface area contributed by atoms with Gasteiger partial charge in [0.2, 0.25) is 5.89 Å². The highest BCUT2D eigenvalue weighted by Gasteiger charge is 2.17. The zero-order valence-corrected chi connectivity index (χ0v) is 12.6. The molecule has 2 rings (SSSR count). The average molecular weight is 328 g/mol. The van der Waals surface area contributed by atoms with Crippen molar-refractivity contribution in [3.63, 3.8) is 0 Å². The molecule has 0 radical (unpaired) electrons. The van der Waals surface area contributed by atoms with Crippen LogP contribution in [0.25, 0.3) is 0 Å². The first-order chi connectivity index (χ1) is 9.88. The number of aryl methyl sites for hydroxylation is 1. The van der Waals surface area contributed by atoms with Crippen LogP contribution in [0.5, 0.6) is 0 Å². The lowest BCUT2D eigenvalue weighted by atomic mass is 10.2. The summed E-state index contributed by atoms with van der Waals surface area (Å²) in [5.41, 5.74) is -0.0590. The molecule has 0 fully saturated rings. The van der Waals surface area contributed by atoms with E-state index in [9.17, 15) is 13.2 Å². The van der Waals surface area contributed by atoms with Gasteiger partial charge in [-0.1, -0.05) is 17.8 Å². The maximum absolute atomic E-state index is 12.1. The SMILES string of the molecule is Cc1nnc(SCCS(=O)(=O)c2cccc(C(=O)O)c2)o1. The highest BCUT2D eigenvalue weighted by atomic mass is 32.2. The Morgan fingerprint density at radius 3 is 2.76 bits per heavy atom. The van der Waals surface area contributed by atoms with Gasteiger partial charge in [-0.2, -0.15) is 0 Å². The lowest BCUT2D eigenvalue weighted by Crippen LogP contribution is -2.10. The predicted octanol–water partition coefficient (Wildman–Crippen LogP) is 1.64. The van der Waals surface area contributed by atoms with Crippen LogP contribution in [0, 0.1) is 6.92 Å². The standard InChI is InChI=1S/C12H12N2O5S2/c1-8-13-14-12(19-8)20-5-6-21(17,18)10-4-2-3-9(7-10)11(15)16/h2-4,7H,5-6H2,1H3,(H,15,16). The Bertz CT molecular complexity index is 755. The monoisotopic (exact) mass is 328 g/mol. The molecule has 21 heavy (non-hydrogen) atoms. The summed E-state index contributed by atoms with van der Waals surface area (Å²) in [6, 6.07) is 5.28. The number of carboxylic acid groups (broad SMARTS) is 1. The molecule has 112 valence electrons. The number of hydrogen-bond acceptors (Lipinski definition) is 7. The van der Waals surface area contributed by atoms with Crippen molar-refractivity contribution < 1.29 is 22.7 Å². The lowest BCUT2D eigenvalue weighted by Gasteiger charge is -2.04. The molecule has 0 bridgehead atoms. The van der Waals surface area contributed by atoms with Gasteiger partial charge in [0.25, 0.3) is 5.22 Å². The molecule has 2 aromatic rings. The van der Waals surface area contributed by atoms with Crippen LogP contribution in [0.3, 0.4) is 0 Å². The van der Waals surface area contributed by atoms with E-state index in [0.29, 0.717) is 11.1 Å². The molecule has 0 amide bonds. The van der Waals surface area contributed by atoms with Crippen molar-refractivity contribution in [2.45, 2.75) is 17.0 Å². The maximum atomic E-state index is 12.1. The van der Waals surface area contributed by atoms with E-state index in [1.165, 1.54) is 18.2 Å². The van der Waals surface area contributed by atoms with Gasteiger partial charge < -0.3 is 9.52 Å². The van der Waals surface area contributed by atoms with Crippen LogP contribution in [0.2, 0.25) is 0 Å². The van der Waals surface area contributed by atoms with Gasteiger partial charge in [0.1, 0.15) is 0 Å². The third-order valence-electron chi connectivity index (χ3n) is 2.53. The Morgan fingerprint density at radius 1 is 1.38 bits per heavy atom. The predicted molar refractivity (Wildman–Crippen MR) is 75.2 cm³/mol. The van der Waals surface area contributed by atoms with Gasteiger partial charge in [-0.05, 0) is 18.2 Å². The Labute approximate surface area is 125 Å². The molecule has 0 aliphatic carbocycles. The van der Waals surface area contributed by atoms with E-state index in [2.05, 4.69) is 10.2 Å². The summed E-state index contributed by atoms with van der Waals surface area (Å²) >= 11 is 1.14. The molecule has 0 unspecified atom stereocenters. The average Bonchev–Trinajstić information content (AvgIpc) is 2.84. The molecule has 0 aliphatic rings. The first-order valence-electron chi connectivity index (χ1n) is 5.87. The number of aromatic carboxylic acids is 1. The van der Waals surface area contributed by atoms with E-state index in [-0.39, 0.29) is 22.0 Å². The molecule has 1 N–H and O–H groups in total. The number of thioether (sulfide) groups is 1. The van der Waals surface area contributed by atoms with E-state index in [4.69, 9.17) is 9.52 Å². The summed E-state index contributed by atoms with van der Waals surface area (Å²) in [6.07, 6.45) is 0. The van der Waals surface area contributed by atoms with Crippen LogP contribution in [0.4, 0.5) is 0 Å². The van der Waals surface area contributed by atoms with Crippen molar-refractivity contribution in [1.82, 2.24) is 10.2 Å². The lowest BCUT2D eigenvalue weighted by molar-refractivity contribution is 0.0696. The molecular formula is C12H12N2O5S2. The fourth-order valence-corrected chi connectivity index (χ4v) is 4.01. The van der Waals surface area contributed by atoms with Gasteiger partial charge in [-0.25, -0.2) is 13.2 Å². The molecule has 9 heteroatoms. The van der Waals surface area contributed by atoms with Gasteiger partial charge in [0, 0.05) is 12.7 Å². The smallest absolute Gasteiger partial charge is 0.335 e. The molecule has 7 nitrogen and oxygen atoms in total.